The molecule has 3 atom stereocenters. The quantitative estimate of drug-likeness (QED) is 0.0538. The lowest BCUT2D eigenvalue weighted by Gasteiger charge is -2.49. The first-order valence-corrected chi connectivity index (χ1v) is 20.0. The lowest BCUT2D eigenvalue weighted by Crippen LogP contribution is -2.71. The fourth-order valence-electron chi connectivity index (χ4n) is 6.98. The van der Waals surface area contributed by atoms with Gasteiger partial charge in [0.15, 0.2) is 10.8 Å². The highest BCUT2D eigenvalue weighted by Crippen LogP contribution is 2.44. The lowest BCUT2D eigenvalue weighted by atomic mass is 9.77. The molecule has 57 heavy (non-hydrogen) atoms. The first kappa shape index (κ1) is 39.2. The molecular formula is C41H39N5O9S2. The average molecular weight is 810 g/mol. The summed E-state index contributed by atoms with van der Waals surface area (Å²) in [4.78, 5) is 75.6. The van der Waals surface area contributed by atoms with Crippen LogP contribution in [0.5, 0.6) is 0 Å². The van der Waals surface area contributed by atoms with Crippen LogP contribution in [0, 0.1) is 0 Å². The van der Waals surface area contributed by atoms with Gasteiger partial charge in [0.25, 0.3) is 11.8 Å². The number of anilines is 1. The van der Waals surface area contributed by atoms with Gasteiger partial charge in [-0.15, -0.1) is 23.1 Å². The number of oxime groups is 1. The predicted octanol–water partition coefficient (Wildman–Crippen LogP) is 5.05. The van der Waals surface area contributed by atoms with E-state index in [-0.39, 0.29) is 29.3 Å². The Morgan fingerprint density at radius 2 is 1.54 bits per heavy atom. The Morgan fingerprint density at radius 3 is 2.07 bits per heavy atom. The van der Waals surface area contributed by atoms with Crippen LogP contribution >= 0.6 is 23.1 Å². The summed E-state index contributed by atoms with van der Waals surface area (Å²) in [6.07, 6.45) is -0.273. The number of rotatable bonds is 13. The zero-order valence-corrected chi connectivity index (χ0v) is 32.8. The first-order valence-electron chi connectivity index (χ1n) is 18.1. The predicted molar refractivity (Wildman–Crippen MR) is 212 cm³/mol. The number of thioether (sulfide) groups is 1. The Labute approximate surface area is 336 Å². The number of amides is 2. The van der Waals surface area contributed by atoms with E-state index in [4.69, 9.17) is 19.3 Å². The van der Waals surface area contributed by atoms with Gasteiger partial charge in [0, 0.05) is 23.1 Å². The lowest BCUT2D eigenvalue weighted by molar-refractivity contribution is -0.160. The number of carboxylic acid groups (broad SMARTS) is 1. The number of hydrogen-bond acceptors (Lipinski definition) is 13. The molecule has 16 heteroatoms. The summed E-state index contributed by atoms with van der Waals surface area (Å²) in [5.74, 6) is -3.82. The summed E-state index contributed by atoms with van der Waals surface area (Å²) in [6.45, 7) is 4.49. The van der Waals surface area contributed by atoms with Crippen LogP contribution < -0.4 is 10.6 Å². The summed E-state index contributed by atoms with van der Waals surface area (Å²) in [5.41, 5.74) is 0.894. The number of fused-ring (bicyclic) bond motifs is 1. The van der Waals surface area contributed by atoms with Gasteiger partial charge >= 0.3 is 17.9 Å². The van der Waals surface area contributed by atoms with Gasteiger partial charge < -0.3 is 30.1 Å². The molecule has 2 saturated heterocycles. The molecule has 0 bridgehead atoms. The molecule has 3 N–H and O–H groups in total. The van der Waals surface area contributed by atoms with Crippen molar-refractivity contribution in [3.8, 4) is 0 Å². The van der Waals surface area contributed by atoms with Gasteiger partial charge in [-0.1, -0.05) is 96.2 Å². The maximum absolute atomic E-state index is 14.1. The maximum Gasteiger partial charge on any atom is 0.352 e. The van der Waals surface area contributed by atoms with Crippen molar-refractivity contribution in [2.45, 2.75) is 62.3 Å². The second-order valence-electron chi connectivity index (χ2n) is 14.4. The third-order valence-corrected chi connectivity index (χ3v) is 11.5. The highest BCUT2D eigenvalue weighted by Gasteiger charge is 2.55. The molecule has 0 unspecified atom stereocenters. The van der Waals surface area contributed by atoms with E-state index in [0.29, 0.717) is 17.1 Å². The topological polar surface area (TPSA) is 186 Å². The Morgan fingerprint density at radius 1 is 0.947 bits per heavy atom. The van der Waals surface area contributed by atoms with Crippen molar-refractivity contribution in [1.82, 2.24) is 15.2 Å². The van der Waals surface area contributed by atoms with Gasteiger partial charge in [-0.05, 0) is 43.9 Å². The van der Waals surface area contributed by atoms with E-state index in [1.807, 2.05) is 91.0 Å². The Bertz CT molecular complexity index is 2140. The van der Waals surface area contributed by atoms with Gasteiger partial charge in [0.1, 0.15) is 40.1 Å². The van der Waals surface area contributed by atoms with E-state index < -0.39 is 65.0 Å². The summed E-state index contributed by atoms with van der Waals surface area (Å²) in [5, 5.41) is 21.8. The van der Waals surface area contributed by atoms with Crippen LogP contribution in [0.4, 0.5) is 5.13 Å². The molecule has 0 radical (unpaired) electrons. The second-order valence-corrected chi connectivity index (χ2v) is 16.3. The summed E-state index contributed by atoms with van der Waals surface area (Å²) < 4.78 is 10.7. The van der Waals surface area contributed by atoms with Crippen molar-refractivity contribution in [3.63, 3.8) is 0 Å². The summed E-state index contributed by atoms with van der Waals surface area (Å²) >= 11 is 2.46. The van der Waals surface area contributed by atoms with E-state index in [1.165, 1.54) is 23.1 Å². The molecule has 2 fully saturated rings. The third kappa shape index (κ3) is 8.14. The number of carboxylic acids is 1. The van der Waals surface area contributed by atoms with Crippen LogP contribution in [0.1, 0.15) is 56.0 Å². The number of aromatic nitrogens is 1. The zero-order valence-electron chi connectivity index (χ0n) is 31.2. The number of nitrogens with zero attached hydrogens (tertiary/aromatic N) is 3. The number of hydrogen-bond donors (Lipinski definition) is 3. The zero-order chi connectivity index (χ0) is 40.3. The van der Waals surface area contributed by atoms with E-state index in [2.05, 4.69) is 15.8 Å². The summed E-state index contributed by atoms with van der Waals surface area (Å²) in [7, 11) is 0. The number of cyclic esters (lactones) is 1. The molecule has 14 nitrogen and oxygen atoms in total. The fraction of sp³-hybridized carbons (Fsp3) is 0.293. The van der Waals surface area contributed by atoms with Crippen LogP contribution in [-0.2, 0) is 43.8 Å². The largest absolute Gasteiger partial charge is 0.477 e. The van der Waals surface area contributed by atoms with Crippen molar-refractivity contribution in [3.05, 3.63) is 130 Å². The van der Waals surface area contributed by atoms with Crippen molar-refractivity contribution < 1.29 is 43.4 Å². The van der Waals surface area contributed by atoms with Crippen LogP contribution in [0.3, 0.4) is 0 Å². The van der Waals surface area contributed by atoms with Gasteiger partial charge in [0.05, 0.1) is 0 Å². The minimum atomic E-state index is -1.34. The number of carbonyl (C=O) groups excluding carboxylic acids is 4. The van der Waals surface area contributed by atoms with Gasteiger partial charge in [-0.25, -0.2) is 14.6 Å². The van der Waals surface area contributed by atoms with Gasteiger partial charge in [0.2, 0.25) is 6.61 Å². The van der Waals surface area contributed by atoms with Crippen molar-refractivity contribution in [2.24, 2.45) is 5.16 Å². The highest BCUT2D eigenvalue weighted by molar-refractivity contribution is 8.00. The minimum absolute atomic E-state index is 0.0867. The molecule has 4 heterocycles. The number of aliphatic carboxylic acids is 1. The molecule has 4 aromatic rings. The number of benzene rings is 3. The number of ether oxygens (including phenoxy) is 2. The van der Waals surface area contributed by atoms with Gasteiger partial charge in [-0.2, -0.15) is 0 Å². The second kappa shape index (κ2) is 16.2. The fourth-order valence-corrected chi connectivity index (χ4v) is 9.14. The Kier molecular flexibility index (Phi) is 11.2. The number of esters is 2. The molecule has 294 valence electrons. The molecule has 0 spiro atoms. The minimum Gasteiger partial charge on any atom is -0.477 e. The monoisotopic (exact) mass is 809 g/mol. The van der Waals surface area contributed by atoms with E-state index in [0.717, 1.165) is 21.6 Å². The molecule has 3 aliphatic heterocycles. The molecule has 3 aromatic carbocycles. The molecule has 3 aliphatic rings. The molecule has 7 rings (SSSR count). The smallest absolute Gasteiger partial charge is 0.352 e. The Balaban J connectivity index is 1.20. The normalized spacial score (nSPS) is 19.6. The maximum atomic E-state index is 14.1. The van der Waals surface area contributed by atoms with Crippen molar-refractivity contribution >= 4 is 63.7 Å². The van der Waals surface area contributed by atoms with E-state index >= 15 is 0 Å². The van der Waals surface area contributed by atoms with Crippen LogP contribution in [0.25, 0.3) is 0 Å². The summed E-state index contributed by atoms with van der Waals surface area (Å²) in [6, 6.07) is 28.5. The Hall–Kier alpha value is -6.00. The van der Waals surface area contributed by atoms with Crippen molar-refractivity contribution in [1.29, 1.82) is 0 Å². The molecule has 1 aromatic heterocycles. The number of β-lactam (4-membered cyclic amide) rings is 1. The van der Waals surface area contributed by atoms with Gasteiger partial charge in [-0.3, -0.25) is 19.3 Å². The number of carbonyl (C=O) groups is 5. The van der Waals surface area contributed by atoms with Crippen LogP contribution in [0.15, 0.2) is 113 Å². The molecule has 0 aliphatic carbocycles. The molecule has 2 amide bonds. The SMILES string of the molecule is CC(C)(C)OC(=O)CO/N=C(\C(=O)N[C@@H]1C(=O)N2C(C(=O)O)=C([C@@H]3CCC(=O)O3)CS[C@H]12)c1csc(NC(c2ccccc2)(c2ccccc2)c2ccccc2)n1. The van der Waals surface area contributed by atoms with E-state index in [1.54, 1.807) is 26.2 Å². The highest BCUT2D eigenvalue weighted by atomic mass is 32.2. The van der Waals surface area contributed by atoms with Crippen molar-refractivity contribution in [2.75, 3.05) is 17.7 Å². The van der Waals surface area contributed by atoms with Crippen LogP contribution in [0.2, 0.25) is 0 Å². The third-order valence-electron chi connectivity index (χ3n) is 9.39. The van der Waals surface area contributed by atoms with E-state index in [9.17, 15) is 29.1 Å². The standard InChI is InChI=1S/C41H39N5O9S2/c1-40(2,3)55-31(48)21-53-45-32(35(49)43-33-36(50)46-34(38(51)52)27(22-56-37(33)46)29-19-20-30(47)54-29)28-23-57-39(42-28)44-41(24-13-7-4-8-14-24,25-15-9-5-10-16-25)26-17-11-6-12-18-26/h4-18,23,29,33,37H,19-22H2,1-3H3,(H,42,44)(H,43,49)(H,51,52)/b45-32-/t29-,33+,37+/m0/s1. The molecular weight excluding hydrogens is 771 g/mol. The number of thiazole rings is 1. The first-order chi connectivity index (χ1) is 27.4. The molecule has 0 saturated carbocycles. The average Bonchev–Trinajstić information content (AvgIpc) is 3.86. The number of nitrogens with one attached hydrogen (secondary N) is 2. The van der Waals surface area contributed by atoms with Crippen LogP contribution in [-0.4, -0.2) is 85.9 Å².